The second-order valence-corrected chi connectivity index (χ2v) is 4.91. The summed E-state index contributed by atoms with van der Waals surface area (Å²) in [6.07, 6.45) is 0. The lowest BCUT2D eigenvalue weighted by atomic mass is 10.2. The molecule has 0 atom stereocenters. The van der Waals surface area contributed by atoms with Crippen molar-refractivity contribution in [2.24, 2.45) is 0 Å². The number of hydrogen-bond donors (Lipinski definition) is 0. The fraction of sp³-hybridized carbons (Fsp3) is 0.231. The Labute approximate surface area is 118 Å². The molecule has 1 aromatic heterocycles. The number of aryl methyl sites for hydroxylation is 1. The van der Waals surface area contributed by atoms with Crippen LogP contribution in [0.25, 0.3) is 0 Å². The quantitative estimate of drug-likeness (QED) is 0.870. The average Bonchev–Trinajstić information content (AvgIpc) is 2.36. The van der Waals surface area contributed by atoms with Gasteiger partial charge in [-0.2, -0.15) is 0 Å². The molecule has 2 aromatic rings. The highest BCUT2D eigenvalue weighted by atomic mass is 79.9. The summed E-state index contributed by atoms with van der Waals surface area (Å²) in [5, 5.41) is 0. The maximum absolute atomic E-state index is 13.2. The molecule has 4 nitrogen and oxygen atoms in total. The van der Waals surface area contributed by atoms with E-state index in [0.717, 1.165) is 5.56 Å². The van der Waals surface area contributed by atoms with Crippen LogP contribution in [-0.4, -0.2) is 16.7 Å². The first-order chi connectivity index (χ1) is 9.01. The van der Waals surface area contributed by atoms with Crippen LogP contribution in [0.3, 0.4) is 0 Å². The van der Waals surface area contributed by atoms with Gasteiger partial charge in [0.1, 0.15) is 5.82 Å². The van der Waals surface area contributed by atoms with Crippen LogP contribution in [-0.2, 0) is 6.54 Å². The van der Waals surface area contributed by atoms with Crippen LogP contribution in [0.4, 0.5) is 4.39 Å². The Balaban J connectivity index is 2.43. The van der Waals surface area contributed by atoms with Gasteiger partial charge in [0.05, 0.1) is 18.1 Å². The number of hydrogen-bond acceptors (Lipinski definition) is 3. The minimum atomic E-state index is -0.343. The van der Waals surface area contributed by atoms with E-state index in [1.165, 1.54) is 23.8 Å². The van der Waals surface area contributed by atoms with Crippen molar-refractivity contribution in [2.45, 2.75) is 13.5 Å². The van der Waals surface area contributed by atoms with Crippen LogP contribution in [0.1, 0.15) is 11.3 Å². The van der Waals surface area contributed by atoms with Crippen molar-refractivity contribution in [3.05, 3.63) is 56.2 Å². The topological polar surface area (TPSA) is 44.1 Å². The lowest BCUT2D eigenvalue weighted by molar-refractivity contribution is 0.350. The summed E-state index contributed by atoms with van der Waals surface area (Å²) in [5.41, 5.74) is 1.17. The van der Waals surface area contributed by atoms with Crippen LogP contribution in [0, 0.1) is 12.7 Å². The van der Waals surface area contributed by atoms with Crippen molar-refractivity contribution in [2.75, 3.05) is 7.11 Å². The Morgan fingerprint density at radius 2 is 2.16 bits per heavy atom. The van der Waals surface area contributed by atoms with Crippen LogP contribution in [0.5, 0.6) is 6.01 Å². The predicted molar refractivity (Wildman–Crippen MR) is 73.0 cm³/mol. The number of aromatic nitrogens is 2. The highest BCUT2D eigenvalue weighted by Gasteiger charge is 2.09. The number of halogens is 2. The maximum Gasteiger partial charge on any atom is 0.299 e. The van der Waals surface area contributed by atoms with E-state index in [9.17, 15) is 9.18 Å². The minimum Gasteiger partial charge on any atom is -0.468 e. The van der Waals surface area contributed by atoms with Gasteiger partial charge in [-0.15, -0.1) is 0 Å². The molecule has 0 N–H and O–H groups in total. The first-order valence-electron chi connectivity index (χ1n) is 5.57. The van der Waals surface area contributed by atoms with E-state index in [-0.39, 0.29) is 23.9 Å². The molecular formula is C13H12BrFN2O2. The van der Waals surface area contributed by atoms with Crippen molar-refractivity contribution in [1.82, 2.24) is 9.55 Å². The molecule has 6 heteroatoms. The smallest absolute Gasteiger partial charge is 0.299 e. The zero-order valence-corrected chi connectivity index (χ0v) is 12.1. The predicted octanol–water partition coefficient (Wildman–Crippen LogP) is 2.51. The van der Waals surface area contributed by atoms with E-state index < -0.39 is 0 Å². The highest BCUT2D eigenvalue weighted by molar-refractivity contribution is 9.10. The summed E-state index contributed by atoms with van der Waals surface area (Å²) in [7, 11) is 1.46. The Hall–Kier alpha value is -1.69. The van der Waals surface area contributed by atoms with Gasteiger partial charge in [0.15, 0.2) is 0 Å². The van der Waals surface area contributed by atoms with Crippen molar-refractivity contribution < 1.29 is 9.13 Å². The van der Waals surface area contributed by atoms with Crippen LogP contribution >= 0.6 is 15.9 Å². The number of benzene rings is 1. The van der Waals surface area contributed by atoms with E-state index in [1.54, 1.807) is 19.1 Å². The Morgan fingerprint density at radius 1 is 1.42 bits per heavy atom. The van der Waals surface area contributed by atoms with Gasteiger partial charge in [-0.3, -0.25) is 9.36 Å². The summed E-state index contributed by atoms with van der Waals surface area (Å²) in [6.45, 7) is 2.00. The Bertz CT molecular complexity index is 670. The number of methoxy groups -OCH3 is 1. The minimum absolute atomic E-state index is 0.204. The van der Waals surface area contributed by atoms with Gasteiger partial charge in [-0.05, 0) is 40.5 Å². The standard InChI is InChI=1S/C13H12BrFN2O2/c1-8-5-12(18)17(13(16-8)19-2)7-9-3-4-11(15)10(14)6-9/h3-6H,7H2,1-2H3. The largest absolute Gasteiger partial charge is 0.468 e. The summed E-state index contributed by atoms with van der Waals surface area (Å²) < 4.78 is 20.0. The first kappa shape index (κ1) is 13.7. The molecule has 0 bridgehead atoms. The lowest BCUT2D eigenvalue weighted by Gasteiger charge is -2.11. The lowest BCUT2D eigenvalue weighted by Crippen LogP contribution is -2.23. The van der Waals surface area contributed by atoms with E-state index in [0.29, 0.717) is 10.2 Å². The van der Waals surface area contributed by atoms with E-state index in [2.05, 4.69) is 20.9 Å². The summed E-state index contributed by atoms with van der Waals surface area (Å²) in [4.78, 5) is 16.1. The molecule has 0 amide bonds. The zero-order chi connectivity index (χ0) is 14.0. The molecule has 0 saturated carbocycles. The SMILES string of the molecule is COc1nc(C)cc(=O)n1Cc1ccc(F)c(Br)c1. The summed E-state index contributed by atoms with van der Waals surface area (Å²) >= 11 is 3.12. The second kappa shape index (κ2) is 5.52. The Kier molecular flexibility index (Phi) is 3.99. The van der Waals surface area contributed by atoms with Gasteiger partial charge in [0, 0.05) is 11.8 Å². The molecule has 0 aliphatic carbocycles. The molecule has 0 radical (unpaired) electrons. The molecule has 0 saturated heterocycles. The van der Waals surface area contributed by atoms with Crippen molar-refractivity contribution in [3.8, 4) is 6.01 Å². The van der Waals surface area contributed by atoms with E-state index in [1.807, 2.05) is 0 Å². The average molecular weight is 327 g/mol. The molecule has 2 rings (SSSR count). The molecule has 0 aliphatic rings. The number of nitrogens with zero attached hydrogens (tertiary/aromatic N) is 2. The molecular weight excluding hydrogens is 315 g/mol. The molecule has 0 fully saturated rings. The van der Waals surface area contributed by atoms with Crippen molar-refractivity contribution in [3.63, 3.8) is 0 Å². The second-order valence-electron chi connectivity index (χ2n) is 4.06. The molecule has 1 aromatic carbocycles. The van der Waals surface area contributed by atoms with Crippen LogP contribution in [0.15, 0.2) is 33.5 Å². The first-order valence-corrected chi connectivity index (χ1v) is 6.37. The van der Waals surface area contributed by atoms with Crippen LogP contribution < -0.4 is 10.3 Å². The van der Waals surface area contributed by atoms with E-state index in [4.69, 9.17) is 4.74 Å². The zero-order valence-electron chi connectivity index (χ0n) is 10.5. The van der Waals surface area contributed by atoms with Gasteiger partial charge in [-0.1, -0.05) is 6.07 Å². The van der Waals surface area contributed by atoms with Crippen molar-refractivity contribution >= 4 is 15.9 Å². The normalized spacial score (nSPS) is 10.5. The van der Waals surface area contributed by atoms with Gasteiger partial charge in [0.25, 0.3) is 11.6 Å². The number of rotatable bonds is 3. The molecule has 1 heterocycles. The third-order valence-corrected chi connectivity index (χ3v) is 3.22. The summed E-state index contributed by atoms with van der Waals surface area (Å²) in [6, 6.07) is 6.26. The van der Waals surface area contributed by atoms with Gasteiger partial charge in [0.2, 0.25) is 0 Å². The fourth-order valence-electron chi connectivity index (χ4n) is 1.72. The monoisotopic (exact) mass is 326 g/mol. The van der Waals surface area contributed by atoms with Gasteiger partial charge >= 0.3 is 0 Å². The molecule has 100 valence electrons. The summed E-state index contributed by atoms with van der Waals surface area (Å²) in [5.74, 6) is -0.343. The fourth-order valence-corrected chi connectivity index (χ4v) is 2.14. The van der Waals surface area contributed by atoms with Crippen molar-refractivity contribution in [1.29, 1.82) is 0 Å². The third kappa shape index (κ3) is 3.01. The maximum atomic E-state index is 13.2. The number of ether oxygens (including phenoxy) is 1. The third-order valence-electron chi connectivity index (χ3n) is 2.61. The highest BCUT2D eigenvalue weighted by Crippen LogP contribution is 2.18. The van der Waals surface area contributed by atoms with Crippen LogP contribution in [0.2, 0.25) is 0 Å². The van der Waals surface area contributed by atoms with Gasteiger partial charge in [-0.25, -0.2) is 9.37 Å². The van der Waals surface area contributed by atoms with E-state index >= 15 is 0 Å². The molecule has 0 spiro atoms. The molecule has 19 heavy (non-hydrogen) atoms. The van der Waals surface area contributed by atoms with Gasteiger partial charge < -0.3 is 4.74 Å². The molecule has 0 aliphatic heterocycles. The molecule has 0 unspecified atom stereocenters. The Morgan fingerprint density at radius 3 is 2.79 bits per heavy atom.